The quantitative estimate of drug-likeness (QED) is 0.764. The van der Waals surface area contributed by atoms with E-state index >= 15 is 0 Å². The van der Waals surface area contributed by atoms with Crippen molar-refractivity contribution >= 4 is 15.6 Å². The van der Waals surface area contributed by atoms with E-state index < -0.39 is 9.84 Å². The van der Waals surface area contributed by atoms with E-state index in [1.165, 1.54) is 18.2 Å². The maximum Gasteiger partial charge on any atom is 0.176 e. The van der Waals surface area contributed by atoms with Crippen molar-refractivity contribution in [3.05, 3.63) is 29.3 Å². The summed E-state index contributed by atoms with van der Waals surface area (Å²) in [6.45, 7) is 1.62. The van der Waals surface area contributed by atoms with Gasteiger partial charge in [-0.05, 0) is 30.7 Å². The Balaban J connectivity index is 3.27. The van der Waals surface area contributed by atoms with Gasteiger partial charge in [0.05, 0.1) is 11.4 Å². The average Bonchev–Trinajstić information content (AvgIpc) is 2.15. The van der Waals surface area contributed by atoms with Gasteiger partial charge in [0.25, 0.3) is 0 Å². The average molecular weight is 227 g/mol. The van der Waals surface area contributed by atoms with E-state index in [-0.39, 0.29) is 17.2 Å². The third-order valence-electron chi connectivity index (χ3n) is 2.11. The minimum absolute atomic E-state index is 0.0704. The SMILES string of the molecule is Cc1cc(S(C)(=O)=O)ccc1C(=O)CN. The predicted octanol–water partition coefficient (Wildman–Crippen LogP) is 0.540. The molecule has 0 bridgehead atoms. The first-order chi connectivity index (χ1) is 6.86. The summed E-state index contributed by atoms with van der Waals surface area (Å²) < 4.78 is 22.5. The van der Waals surface area contributed by atoms with Crippen molar-refractivity contribution in [2.45, 2.75) is 11.8 Å². The molecule has 0 saturated carbocycles. The maximum absolute atomic E-state index is 11.3. The molecular weight excluding hydrogens is 214 g/mol. The van der Waals surface area contributed by atoms with Crippen LogP contribution in [-0.2, 0) is 9.84 Å². The third kappa shape index (κ3) is 2.64. The van der Waals surface area contributed by atoms with Gasteiger partial charge in [-0.2, -0.15) is 0 Å². The molecule has 0 aliphatic heterocycles. The van der Waals surface area contributed by atoms with Gasteiger partial charge >= 0.3 is 0 Å². The lowest BCUT2D eigenvalue weighted by Gasteiger charge is -2.05. The minimum Gasteiger partial charge on any atom is -0.324 e. The molecule has 0 atom stereocenters. The van der Waals surface area contributed by atoms with Crippen LogP contribution < -0.4 is 5.73 Å². The number of Topliss-reactive ketones (excluding diaryl/α,β-unsaturated/α-hetero) is 1. The second-order valence-electron chi connectivity index (χ2n) is 3.38. The molecule has 0 aromatic heterocycles. The molecule has 15 heavy (non-hydrogen) atoms. The molecule has 0 aliphatic rings. The number of ketones is 1. The van der Waals surface area contributed by atoms with Crippen LogP contribution in [0.1, 0.15) is 15.9 Å². The standard InChI is InChI=1S/C10H13NO3S/c1-7-5-8(15(2,13)14)3-4-9(7)10(12)6-11/h3-5H,6,11H2,1-2H3. The summed E-state index contributed by atoms with van der Waals surface area (Å²) in [7, 11) is -3.22. The van der Waals surface area contributed by atoms with Crippen molar-refractivity contribution in [2.24, 2.45) is 5.73 Å². The van der Waals surface area contributed by atoms with Crippen molar-refractivity contribution in [2.75, 3.05) is 12.8 Å². The van der Waals surface area contributed by atoms with Gasteiger partial charge in [0.15, 0.2) is 15.6 Å². The highest BCUT2D eigenvalue weighted by atomic mass is 32.2. The van der Waals surface area contributed by atoms with Gasteiger partial charge in [-0.3, -0.25) is 4.79 Å². The van der Waals surface area contributed by atoms with Gasteiger partial charge < -0.3 is 5.73 Å². The first-order valence-electron chi connectivity index (χ1n) is 4.40. The van der Waals surface area contributed by atoms with Crippen molar-refractivity contribution < 1.29 is 13.2 Å². The van der Waals surface area contributed by atoms with Crippen LogP contribution in [0.3, 0.4) is 0 Å². The van der Waals surface area contributed by atoms with Crippen LogP contribution in [0.2, 0.25) is 0 Å². The monoisotopic (exact) mass is 227 g/mol. The molecule has 0 radical (unpaired) electrons. The fourth-order valence-electron chi connectivity index (χ4n) is 1.29. The molecule has 1 rings (SSSR count). The molecule has 0 saturated heterocycles. The number of benzene rings is 1. The van der Waals surface area contributed by atoms with Crippen LogP contribution in [0.5, 0.6) is 0 Å². The number of carbonyl (C=O) groups is 1. The van der Waals surface area contributed by atoms with Crippen molar-refractivity contribution in [3.63, 3.8) is 0 Å². The Hall–Kier alpha value is -1.20. The van der Waals surface area contributed by atoms with Crippen molar-refractivity contribution in [3.8, 4) is 0 Å². The maximum atomic E-state index is 11.3. The molecule has 2 N–H and O–H groups in total. The first-order valence-corrected chi connectivity index (χ1v) is 6.29. The normalized spacial score (nSPS) is 11.4. The number of rotatable bonds is 3. The van der Waals surface area contributed by atoms with Gasteiger partial charge in [-0.25, -0.2) is 8.42 Å². The molecule has 1 aromatic carbocycles. The van der Waals surface area contributed by atoms with Crippen LogP contribution in [0, 0.1) is 6.92 Å². The molecule has 0 fully saturated rings. The molecule has 0 spiro atoms. The summed E-state index contributed by atoms with van der Waals surface area (Å²) in [6, 6.07) is 4.41. The van der Waals surface area contributed by atoms with E-state index in [0.29, 0.717) is 11.1 Å². The van der Waals surface area contributed by atoms with Crippen LogP contribution in [0.25, 0.3) is 0 Å². The van der Waals surface area contributed by atoms with E-state index in [4.69, 9.17) is 5.73 Å². The Bertz CT molecular complexity index is 491. The number of hydrogen-bond acceptors (Lipinski definition) is 4. The Morgan fingerprint density at radius 1 is 1.40 bits per heavy atom. The van der Waals surface area contributed by atoms with Crippen molar-refractivity contribution in [1.82, 2.24) is 0 Å². The number of nitrogens with two attached hydrogens (primary N) is 1. The highest BCUT2D eigenvalue weighted by molar-refractivity contribution is 7.90. The molecule has 5 heteroatoms. The first kappa shape index (κ1) is 11.9. The van der Waals surface area contributed by atoms with E-state index in [2.05, 4.69) is 0 Å². The number of carbonyl (C=O) groups excluding carboxylic acids is 1. The van der Waals surface area contributed by atoms with Gasteiger partial charge in [0.2, 0.25) is 0 Å². The lowest BCUT2D eigenvalue weighted by molar-refractivity contribution is 0.100. The van der Waals surface area contributed by atoms with Crippen LogP contribution in [0.4, 0.5) is 0 Å². The summed E-state index contributed by atoms with van der Waals surface area (Å²) in [6.07, 6.45) is 1.13. The van der Waals surface area contributed by atoms with Gasteiger partial charge in [-0.15, -0.1) is 0 Å². The molecule has 0 aliphatic carbocycles. The van der Waals surface area contributed by atoms with Crippen LogP contribution >= 0.6 is 0 Å². The number of sulfone groups is 1. The van der Waals surface area contributed by atoms with Gasteiger partial charge in [-0.1, -0.05) is 0 Å². The Morgan fingerprint density at radius 2 is 2.00 bits per heavy atom. The van der Waals surface area contributed by atoms with E-state index in [1.807, 2.05) is 0 Å². The molecule has 0 unspecified atom stereocenters. The highest BCUT2D eigenvalue weighted by Crippen LogP contribution is 2.15. The number of aryl methyl sites for hydroxylation is 1. The summed E-state index contributed by atoms with van der Waals surface area (Å²) in [5.41, 5.74) is 6.34. The summed E-state index contributed by atoms with van der Waals surface area (Å²) in [5.74, 6) is -0.187. The zero-order valence-corrected chi connectivity index (χ0v) is 9.47. The Morgan fingerprint density at radius 3 is 2.40 bits per heavy atom. The van der Waals surface area contributed by atoms with Crippen LogP contribution in [-0.4, -0.2) is 27.0 Å². The second kappa shape index (κ2) is 4.12. The molecule has 1 aromatic rings. The highest BCUT2D eigenvalue weighted by Gasteiger charge is 2.11. The van der Waals surface area contributed by atoms with E-state index in [1.54, 1.807) is 6.92 Å². The zero-order valence-electron chi connectivity index (χ0n) is 8.65. The fraction of sp³-hybridized carbons (Fsp3) is 0.300. The summed E-state index contributed by atoms with van der Waals surface area (Å²) in [4.78, 5) is 11.5. The fourth-order valence-corrected chi connectivity index (χ4v) is 2.00. The molecule has 82 valence electrons. The summed E-state index contributed by atoms with van der Waals surface area (Å²) in [5, 5.41) is 0. The largest absolute Gasteiger partial charge is 0.324 e. The lowest BCUT2D eigenvalue weighted by Crippen LogP contribution is -2.15. The zero-order chi connectivity index (χ0) is 11.6. The predicted molar refractivity (Wildman–Crippen MR) is 57.7 cm³/mol. The lowest BCUT2D eigenvalue weighted by atomic mass is 10.1. The molecular formula is C10H13NO3S. The van der Waals surface area contributed by atoms with Crippen LogP contribution in [0.15, 0.2) is 23.1 Å². The molecule has 0 heterocycles. The molecule has 0 amide bonds. The van der Waals surface area contributed by atoms with Crippen molar-refractivity contribution in [1.29, 1.82) is 0 Å². The topological polar surface area (TPSA) is 77.2 Å². The smallest absolute Gasteiger partial charge is 0.176 e. The van der Waals surface area contributed by atoms with Gasteiger partial charge in [0, 0.05) is 11.8 Å². The Kier molecular flexibility index (Phi) is 3.26. The second-order valence-corrected chi connectivity index (χ2v) is 5.39. The minimum atomic E-state index is -3.22. The van der Waals surface area contributed by atoms with Gasteiger partial charge in [0.1, 0.15) is 0 Å². The summed E-state index contributed by atoms with van der Waals surface area (Å²) >= 11 is 0. The molecule has 4 nitrogen and oxygen atoms in total. The van der Waals surface area contributed by atoms with E-state index in [9.17, 15) is 13.2 Å². The van der Waals surface area contributed by atoms with E-state index in [0.717, 1.165) is 6.26 Å². The number of hydrogen-bond donors (Lipinski definition) is 1. The Labute approximate surface area is 89.0 Å². The third-order valence-corrected chi connectivity index (χ3v) is 3.22.